The van der Waals surface area contributed by atoms with Gasteiger partial charge in [-0.25, -0.2) is 0 Å². The molecule has 3 heteroatoms. The minimum Gasteiger partial charge on any atom is -0.469 e. The zero-order valence-corrected chi connectivity index (χ0v) is 7.39. The predicted octanol–water partition coefficient (Wildman–Crippen LogP) is 1.10. The lowest BCUT2D eigenvalue weighted by molar-refractivity contribution is -0.140. The predicted molar refractivity (Wildman–Crippen MR) is 42.2 cm³/mol. The molecule has 0 rings (SSSR count). The van der Waals surface area contributed by atoms with Crippen molar-refractivity contribution in [3.8, 4) is 0 Å². The first kappa shape index (κ1) is 10.4. The number of aliphatic hydroxyl groups is 1. The summed E-state index contributed by atoms with van der Waals surface area (Å²) in [6.45, 7) is 3.45. The van der Waals surface area contributed by atoms with Crippen molar-refractivity contribution in [2.45, 2.75) is 38.7 Å². The maximum Gasteiger partial charge on any atom is 0.305 e. The molecule has 0 aromatic rings. The number of rotatable bonds is 4. The summed E-state index contributed by atoms with van der Waals surface area (Å²) in [5.41, 5.74) is -0.673. The summed E-state index contributed by atoms with van der Waals surface area (Å²) in [6.07, 6.45) is 1.69. The van der Waals surface area contributed by atoms with Gasteiger partial charge in [0.2, 0.25) is 0 Å². The molecule has 0 aliphatic heterocycles. The monoisotopic (exact) mass is 160 g/mol. The van der Waals surface area contributed by atoms with Crippen molar-refractivity contribution in [1.82, 2.24) is 0 Å². The smallest absolute Gasteiger partial charge is 0.305 e. The molecule has 0 heterocycles. The summed E-state index contributed by atoms with van der Waals surface area (Å²) < 4.78 is 4.44. The van der Waals surface area contributed by atoms with Crippen LogP contribution in [-0.4, -0.2) is 23.8 Å². The molecule has 0 saturated heterocycles. The molecule has 0 radical (unpaired) electrons. The van der Waals surface area contributed by atoms with Crippen LogP contribution in [0.4, 0.5) is 0 Å². The van der Waals surface area contributed by atoms with Crippen LogP contribution in [0.25, 0.3) is 0 Å². The maximum absolute atomic E-state index is 10.6. The summed E-state index contributed by atoms with van der Waals surface area (Å²) in [4.78, 5) is 10.6. The van der Waals surface area contributed by atoms with Crippen molar-refractivity contribution in [2.24, 2.45) is 0 Å². The van der Waals surface area contributed by atoms with E-state index in [1.54, 1.807) is 13.8 Å². The zero-order valence-electron chi connectivity index (χ0n) is 7.39. The van der Waals surface area contributed by atoms with E-state index < -0.39 is 5.60 Å². The van der Waals surface area contributed by atoms with E-state index in [1.807, 2.05) is 0 Å². The first-order valence-corrected chi connectivity index (χ1v) is 3.75. The van der Waals surface area contributed by atoms with E-state index in [-0.39, 0.29) is 5.97 Å². The van der Waals surface area contributed by atoms with Crippen molar-refractivity contribution in [2.75, 3.05) is 7.11 Å². The van der Waals surface area contributed by atoms with Crippen molar-refractivity contribution < 1.29 is 14.6 Å². The summed E-state index contributed by atoms with van der Waals surface area (Å²) in [5, 5.41) is 9.25. The van der Waals surface area contributed by atoms with Gasteiger partial charge in [-0.05, 0) is 26.7 Å². The van der Waals surface area contributed by atoms with E-state index in [4.69, 9.17) is 0 Å². The van der Waals surface area contributed by atoms with E-state index in [9.17, 15) is 9.90 Å². The van der Waals surface area contributed by atoms with E-state index in [1.165, 1.54) is 7.11 Å². The molecular formula is C8H16O3. The van der Waals surface area contributed by atoms with Crippen LogP contribution in [0, 0.1) is 0 Å². The van der Waals surface area contributed by atoms with Crippen LogP contribution in [0.5, 0.6) is 0 Å². The Morgan fingerprint density at radius 2 is 2.09 bits per heavy atom. The average molecular weight is 160 g/mol. The van der Waals surface area contributed by atoms with E-state index in [0.29, 0.717) is 19.3 Å². The van der Waals surface area contributed by atoms with Gasteiger partial charge in [-0.2, -0.15) is 0 Å². The molecule has 11 heavy (non-hydrogen) atoms. The highest BCUT2D eigenvalue weighted by molar-refractivity contribution is 5.68. The molecular weight excluding hydrogens is 144 g/mol. The topological polar surface area (TPSA) is 46.5 Å². The first-order chi connectivity index (χ1) is 4.95. The van der Waals surface area contributed by atoms with Gasteiger partial charge in [-0.1, -0.05) is 0 Å². The molecule has 0 aromatic heterocycles. The minimum atomic E-state index is -0.673. The van der Waals surface area contributed by atoms with Crippen molar-refractivity contribution in [3.63, 3.8) is 0 Å². The third kappa shape index (κ3) is 7.33. The van der Waals surface area contributed by atoms with Gasteiger partial charge in [0.15, 0.2) is 0 Å². The number of carbonyl (C=O) groups excluding carboxylic acids is 1. The molecule has 0 saturated carbocycles. The fraction of sp³-hybridized carbons (Fsp3) is 0.875. The molecule has 0 atom stereocenters. The number of ether oxygens (including phenoxy) is 1. The Morgan fingerprint density at radius 1 is 1.55 bits per heavy atom. The number of carbonyl (C=O) groups is 1. The van der Waals surface area contributed by atoms with Crippen molar-refractivity contribution in [3.05, 3.63) is 0 Å². The second-order valence-corrected chi connectivity index (χ2v) is 3.24. The lowest BCUT2D eigenvalue weighted by Crippen LogP contribution is -2.18. The van der Waals surface area contributed by atoms with Crippen LogP contribution in [0.15, 0.2) is 0 Å². The molecule has 66 valence electrons. The standard InChI is InChI=1S/C8H16O3/c1-8(2,10)6-4-5-7(9)11-3/h10H,4-6H2,1-3H3. The van der Waals surface area contributed by atoms with Crippen molar-refractivity contribution >= 4 is 5.97 Å². The van der Waals surface area contributed by atoms with Crippen LogP contribution in [-0.2, 0) is 9.53 Å². The second kappa shape index (κ2) is 4.34. The van der Waals surface area contributed by atoms with Crippen LogP contribution in [0.1, 0.15) is 33.1 Å². The molecule has 3 nitrogen and oxygen atoms in total. The van der Waals surface area contributed by atoms with Crippen LogP contribution >= 0.6 is 0 Å². The molecule has 1 N–H and O–H groups in total. The molecule has 0 unspecified atom stereocenters. The summed E-state index contributed by atoms with van der Waals surface area (Å²) in [5.74, 6) is -0.214. The van der Waals surface area contributed by atoms with E-state index in [2.05, 4.69) is 4.74 Å². The quantitative estimate of drug-likeness (QED) is 0.626. The number of esters is 1. The van der Waals surface area contributed by atoms with Crippen LogP contribution in [0.2, 0.25) is 0 Å². The molecule has 0 spiro atoms. The number of hydrogen-bond acceptors (Lipinski definition) is 3. The molecule has 0 aromatic carbocycles. The average Bonchev–Trinajstić information content (AvgIpc) is 1.85. The van der Waals surface area contributed by atoms with Gasteiger partial charge in [0.1, 0.15) is 0 Å². The Hall–Kier alpha value is -0.570. The Bertz CT molecular complexity index is 124. The maximum atomic E-state index is 10.6. The normalized spacial score (nSPS) is 11.3. The van der Waals surface area contributed by atoms with Gasteiger partial charge in [0.25, 0.3) is 0 Å². The molecule has 0 bridgehead atoms. The fourth-order valence-corrected chi connectivity index (χ4v) is 0.767. The highest BCUT2D eigenvalue weighted by Gasteiger charge is 2.12. The van der Waals surface area contributed by atoms with Crippen molar-refractivity contribution in [1.29, 1.82) is 0 Å². The fourth-order valence-electron chi connectivity index (χ4n) is 0.767. The summed E-state index contributed by atoms with van der Waals surface area (Å²) in [6, 6.07) is 0. The van der Waals surface area contributed by atoms with Crippen LogP contribution in [0.3, 0.4) is 0 Å². The van der Waals surface area contributed by atoms with E-state index >= 15 is 0 Å². The van der Waals surface area contributed by atoms with Gasteiger partial charge in [0, 0.05) is 6.42 Å². The second-order valence-electron chi connectivity index (χ2n) is 3.24. The van der Waals surface area contributed by atoms with Gasteiger partial charge in [0.05, 0.1) is 12.7 Å². The SMILES string of the molecule is COC(=O)CCCC(C)(C)O. The molecule has 0 aliphatic carbocycles. The van der Waals surface area contributed by atoms with Gasteiger partial charge >= 0.3 is 5.97 Å². The van der Waals surface area contributed by atoms with Gasteiger partial charge in [-0.15, -0.1) is 0 Å². The Balaban J connectivity index is 3.35. The third-order valence-electron chi connectivity index (χ3n) is 1.40. The lowest BCUT2D eigenvalue weighted by Gasteiger charge is -2.15. The Morgan fingerprint density at radius 3 is 2.45 bits per heavy atom. The first-order valence-electron chi connectivity index (χ1n) is 3.75. The lowest BCUT2D eigenvalue weighted by atomic mass is 10.0. The molecule has 0 fully saturated rings. The minimum absolute atomic E-state index is 0.214. The highest BCUT2D eigenvalue weighted by atomic mass is 16.5. The Labute approximate surface area is 67.4 Å². The van der Waals surface area contributed by atoms with Gasteiger partial charge < -0.3 is 9.84 Å². The number of hydrogen-bond donors (Lipinski definition) is 1. The van der Waals surface area contributed by atoms with Gasteiger partial charge in [-0.3, -0.25) is 4.79 Å². The molecule has 0 amide bonds. The summed E-state index contributed by atoms with van der Waals surface area (Å²) >= 11 is 0. The zero-order chi connectivity index (χ0) is 8.91. The number of methoxy groups -OCH3 is 1. The molecule has 0 aliphatic rings. The Kier molecular flexibility index (Phi) is 4.11. The highest BCUT2D eigenvalue weighted by Crippen LogP contribution is 2.11. The summed E-state index contributed by atoms with van der Waals surface area (Å²) in [7, 11) is 1.37. The largest absolute Gasteiger partial charge is 0.469 e. The van der Waals surface area contributed by atoms with Crippen LogP contribution < -0.4 is 0 Å². The third-order valence-corrected chi connectivity index (χ3v) is 1.40. The van der Waals surface area contributed by atoms with E-state index in [0.717, 1.165) is 0 Å².